The van der Waals surface area contributed by atoms with Crippen LogP contribution in [0.3, 0.4) is 0 Å². The number of ketones is 3. The van der Waals surface area contributed by atoms with Crippen molar-refractivity contribution in [2.75, 3.05) is 0 Å². The molecule has 348 valence electrons. The third kappa shape index (κ3) is 6.85. The molecule has 6 nitrogen and oxygen atoms in total. The Hall–Kier alpha value is -1.89. The highest BCUT2D eigenvalue weighted by Crippen LogP contribution is 2.68. The predicted molar refractivity (Wildman–Crippen MR) is 248 cm³/mol. The standard InChI is InChI=1S/3C19H28O2/c3*1-18-9-7-13(20)11-12(18)3-4-14-15-5-6-17(21)19(15,2)10-8-16(14)18/h3*11,14-17,21H,3-10H2,1-2H3/t3*14-,15-,16-,17-,18-,19-/m000/s1. The van der Waals surface area contributed by atoms with Crippen LogP contribution in [0, 0.1) is 85.8 Å². The highest BCUT2D eigenvalue weighted by Gasteiger charge is 2.62. The summed E-state index contributed by atoms with van der Waals surface area (Å²) in [6.07, 6.45) is 32.1. The summed E-state index contributed by atoms with van der Waals surface area (Å²) in [5, 5.41) is 31.3. The third-order valence-electron chi connectivity index (χ3n) is 23.7. The van der Waals surface area contributed by atoms with Gasteiger partial charge in [-0.25, -0.2) is 0 Å². The van der Waals surface area contributed by atoms with Gasteiger partial charge in [-0.1, -0.05) is 58.3 Å². The van der Waals surface area contributed by atoms with E-state index >= 15 is 0 Å². The van der Waals surface area contributed by atoms with E-state index in [4.69, 9.17) is 0 Å². The Morgan fingerprint density at radius 1 is 0.349 bits per heavy atom. The molecule has 12 rings (SSSR count). The fraction of sp³-hybridized carbons (Fsp3) is 0.842. The zero-order valence-corrected chi connectivity index (χ0v) is 40.2. The molecule has 0 aromatic rings. The smallest absolute Gasteiger partial charge is 0.155 e. The van der Waals surface area contributed by atoms with Crippen LogP contribution in [0.4, 0.5) is 0 Å². The summed E-state index contributed by atoms with van der Waals surface area (Å²) >= 11 is 0. The molecule has 0 saturated heterocycles. The quantitative estimate of drug-likeness (QED) is 0.224. The molecular formula is C57H84O6. The van der Waals surface area contributed by atoms with E-state index in [0.29, 0.717) is 35.1 Å². The zero-order chi connectivity index (χ0) is 44.5. The normalized spacial score (nSPS) is 52.7. The van der Waals surface area contributed by atoms with Crippen LogP contribution in [-0.4, -0.2) is 51.0 Å². The fourth-order valence-electron chi connectivity index (χ4n) is 19.6. The first-order valence-corrected chi connectivity index (χ1v) is 26.6. The summed E-state index contributed by atoms with van der Waals surface area (Å²) in [5.41, 5.74) is 5.66. The second kappa shape index (κ2) is 15.9. The van der Waals surface area contributed by atoms with Gasteiger partial charge in [0.2, 0.25) is 0 Å². The van der Waals surface area contributed by atoms with Gasteiger partial charge in [-0.3, -0.25) is 14.4 Å². The summed E-state index contributed by atoms with van der Waals surface area (Å²) < 4.78 is 0. The summed E-state index contributed by atoms with van der Waals surface area (Å²) in [7, 11) is 0. The molecule has 0 amide bonds. The van der Waals surface area contributed by atoms with Crippen molar-refractivity contribution in [1.29, 1.82) is 0 Å². The molecule has 0 aromatic heterocycles. The first kappa shape index (κ1) is 44.9. The van der Waals surface area contributed by atoms with Crippen molar-refractivity contribution in [1.82, 2.24) is 0 Å². The van der Waals surface area contributed by atoms with Crippen molar-refractivity contribution in [2.24, 2.45) is 85.8 Å². The van der Waals surface area contributed by atoms with E-state index in [2.05, 4.69) is 41.5 Å². The molecule has 0 aliphatic heterocycles. The average molecular weight is 865 g/mol. The first-order chi connectivity index (χ1) is 29.8. The van der Waals surface area contributed by atoms with E-state index in [-0.39, 0.29) is 50.8 Å². The minimum Gasteiger partial charge on any atom is -0.393 e. The number of hydrogen-bond donors (Lipinski definition) is 3. The highest BCUT2D eigenvalue weighted by molar-refractivity contribution is 5.92. The Labute approximate surface area is 380 Å². The molecule has 9 fully saturated rings. The van der Waals surface area contributed by atoms with Gasteiger partial charge in [0.25, 0.3) is 0 Å². The SMILES string of the molecule is C[C@]12CC[C@H]3[C@@H](CCC4=CC(=O)CC[C@@]43C)[C@@H]1CC[C@@H]2O.C[C@]12CC[C@H]3[C@@H](CCC4=CC(=O)CC[C@@]43C)[C@@H]1CC[C@@H]2O.C[C@]12CC[C@H]3[C@@H](CCC4=CC(=O)CC[C@@]43C)[C@@H]1CC[C@@H]2O. The van der Waals surface area contributed by atoms with E-state index in [0.717, 1.165) is 113 Å². The Morgan fingerprint density at radius 2 is 0.619 bits per heavy atom. The lowest BCUT2D eigenvalue weighted by molar-refractivity contribution is -0.118. The van der Waals surface area contributed by atoms with Gasteiger partial charge in [0.15, 0.2) is 17.3 Å². The summed E-state index contributed by atoms with van der Waals surface area (Å²) in [6, 6.07) is 0. The number of aliphatic hydroxyl groups is 3. The lowest BCUT2D eigenvalue weighted by atomic mass is 9.47. The number of hydrogen-bond acceptors (Lipinski definition) is 6. The van der Waals surface area contributed by atoms with Gasteiger partial charge >= 0.3 is 0 Å². The van der Waals surface area contributed by atoms with Crippen molar-refractivity contribution in [2.45, 2.75) is 214 Å². The van der Waals surface area contributed by atoms with Gasteiger partial charge in [0, 0.05) is 19.3 Å². The van der Waals surface area contributed by atoms with Crippen LogP contribution in [0.15, 0.2) is 34.9 Å². The van der Waals surface area contributed by atoms with Crippen LogP contribution in [0.2, 0.25) is 0 Å². The van der Waals surface area contributed by atoms with Crippen LogP contribution < -0.4 is 0 Å². The van der Waals surface area contributed by atoms with Gasteiger partial charge < -0.3 is 15.3 Å². The minimum atomic E-state index is -0.0823. The van der Waals surface area contributed by atoms with Gasteiger partial charge in [-0.15, -0.1) is 0 Å². The lowest BCUT2D eigenvalue weighted by Gasteiger charge is -2.57. The Kier molecular flexibility index (Phi) is 11.3. The molecule has 0 bridgehead atoms. The van der Waals surface area contributed by atoms with Crippen LogP contribution in [0.1, 0.15) is 196 Å². The van der Waals surface area contributed by atoms with Crippen LogP contribution in [-0.2, 0) is 14.4 Å². The second-order valence-electron chi connectivity index (χ2n) is 25.8. The zero-order valence-electron chi connectivity index (χ0n) is 40.2. The maximum atomic E-state index is 11.8. The molecule has 0 unspecified atom stereocenters. The first-order valence-electron chi connectivity index (χ1n) is 26.6. The molecule has 12 aliphatic rings. The predicted octanol–water partition coefficient (Wildman–Crippen LogP) is 11.6. The van der Waals surface area contributed by atoms with E-state index < -0.39 is 0 Å². The Balaban J connectivity index is 0.000000112. The molecule has 0 radical (unpaired) electrons. The number of carbonyl (C=O) groups is 3. The van der Waals surface area contributed by atoms with Crippen LogP contribution in [0.5, 0.6) is 0 Å². The molecule has 0 aromatic carbocycles. The van der Waals surface area contributed by atoms with E-state index in [9.17, 15) is 29.7 Å². The van der Waals surface area contributed by atoms with Gasteiger partial charge in [-0.05, 0) is 239 Å². The van der Waals surface area contributed by atoms with Gasteiger partial charge in [-0.2, -0.15) is 0 Å². The largest absolute Gasteiger partial charge is 0.393 e. The Bertz CT molecular complexity index is 1740. The molecule has 6 heteroatoms. The number of allylic oxidation sites excluding steroid dienone is 3. The van der Waals surface area contributed by atoms with E-state index in [1.165, 1.54) is 93.8 Å². The maximum Gasteiger partial charge on any atom is 0.155 e. The molecule has 12 aliphatic carbocycles. The van der Waals surface area contributed by atoms with E-state index in [1.807, 2.05) is 18.2 Å². The number of aliphatic hydroxyl groups excluding tert-OH is 3. The summed E-state index contributed by atoms with van der Waals surface area (Å²) in [4.78, 5) is 35.4. The number of fused-ring (bicyclic) bond motifs is 15. The topological polar surface area (TPSA) is 112 Å². The molecule has 9 saturated carbocycles. The molecule has 3 N–H and O–H groups in total. The van der Waals surface area contributed by atoms with Crippen molar-refractivity contribution in [3.63, 3.8) is 0 Å². The second-order valence-corrected chi connectivity index (χ2v) is 25.8. The Morgan fingerprint density at radius 3 is 0.889 bits per heavy atom. The van der Waals surface area contributed by atoms with Crippen LogP contribution >= 0.6 is 0 Å². The molecule has 0 spiro atoms. The summed E-state index contributed by atoms with van der Waals surface area (Å²) in [5.74, 6) is 7.72. The number of rotatable bonds is 0. The molecule has 0 heterocycles. The van der Waals surface area contributed by atoms with Gasteiger partial charge in [0.1, 0.15) is 0 Å². The van der Waals surface area contributed by atoms with Gasteiger partial charge in [0.05, 0.1) is 18.3 Å². The van der Waals surface area contributed by atoms with E-state index in [1.54, 1.807) is 0 Å². The molecule has 18 atom stereocenters. The number of carbonyl (C=O) groups excluding carboxylic acids is 3. The van der Waals surface area contributed by atoms with Crippen molar-refractivity contribution >= 4 is 17.3 Å². The van der Waals surface area contributed by atoms with Crippen LogP contribution in [0.25, 0.3) is 0 Å². The molecule has 63 heavy (non-hydrogen) atoms. The van der Waals surface area contributed by atoms with Crippen molar-refractivity contribution in [3.05, 3.63) is 34.9 Å². The molecular weight excluding hydrogens is 781 g/mol. The maximum absolute atomic E-state index is 11.8. The highest BCUT2D eigenvalue weighted by atomic mass is 16.3. The minimum absolute atomic E-state index is 0.0823. The summed E-state index contributed by atoms with van der Waals surface area (Å²) in [6.45, 7) is 14.3. The van der Waals surface area contributed by atoms with Crippen molar-refractivity contribution < 1.29 is 29.7 Å². The fourth-order valence-corrected chi connectivity index (χ4v) is 19.6. The van der Waals surface area contributed by atoms with Crippen molar-refractivity contribution in [3.8, 4) is 0 Å². The third-order valence-corrected chi connectivity index (χ3v) is 23.7. The lowest BCUT2D eigenvalue weighted by Crippen LogP contribution is -2.51. The average Bonchev–Trinajstić information content (AvgIpc) is 3.86. The monoisotopic (exact) mass is 865 g/mol.